The van der Waals surface area contributed by atoms with Crippen LogP contribution in [-0.2, 0) is 0 Å². The van der Waals surface area contributed by atoms with Crippen LogP contribution in [0, 0.1) is 0 Å². The molecule has 0 bridgehead atoms. The summed E-state index contributed by atoms with van der Waals surface area (Å²) in [4.78, 5) is 9.80. The quantitative estimate of drug-likeness (QED) is 0.213. The first kappa shape index (κ1) is 24.6. The molecule has 8 aromatic rings. The topological polar surface area (TPSA) is 65.1 Å². The molecule has 0 radical (unpaired) electrons. The SMILES string of the molecule is c1ccc(C2=NC(c3ccccc3)[N-]C(c3ccc4c(c3)oc3cc(-c5ccc6oc7ccccc7c6c5)ccc34)=N2)cc1. The number of rotatable bonds is 4. The van der Waals surface area contributed by atoms with Crippen molar-refractivity contribution in [2.45, 2.75) is 6.17 Å². The zero-order valence-corrected chi connectivity index (χ0v) is 23.5. The first-order valence-corrected chi connectivity index (χ1v) is 14.6. The van der Waals surface area contributed by atoms with Gasteiger partial charge in [0.2, 0.25) is 0 Å². The number of benzene rings is 6. The van der Waals surface area contributed by atoms with Gasteiger partial charge >= 0.3 is 0 Å². The van der Waals surface area contributed by atoms with Crippen LogP contribution in [0.4, 0.5) is 0 Å². The second-order valence-electron chi connectivity index (χ2n) is 11.0. The van der Waals surface area contributed by atoms with Gasteiger partial charge in [0.25, 0.3) is 0 Å². The van der Waals surface area contributed by atoms with Gasteiger partial charge < -0.3 is 19.1 Å². The molecule has 5 heteroatoms. The van der Waals surface area contributed by atoms with E-state index >= 15 is 0 Å². The van der Waals surface area contributed by atoms with Crippen LogP contribution in [0.25, 0.3) is 60.3 Å². The highest BCUT2D eigenvalue weighted by molar-refractivity contribution is 6.20. The maximum atomic E-state index is 6.47. The molecule has 1 unspecified atom stereocenters. The van der Waals surface area contributed by atoms with Crippen LogP contribution in [0.5, 0.6) is 0 Å². The summed E-state index contributed by atoms with van der Waals surface area (Å²) in [6.45, 7) is 0. The number of amidine groups is 2. The molecule has 0 aliphatic carbocycles. The second-order valence-corrected chi connectivity index (χ2v) is 11.0. The average molecular weight is 567 g/mol. The van der Waals surface area contributed by atoms with E-state index < -0.39 is 0 Å². The van der Waals surface area contributed by atoms with E-state index in [1.165, 1.54) is 0 Å². The number of furan rings is 2. The Hall–Kier alpha value is -5.94. The largest absolute Gasteiger partial charge is 0.456 e. The Balaban J connectivity index is 1.11. The van der Waals surface area contributed by atoms with Crippen LogP contribution in [0.3, 0.4) is 0 Å². The summed E-state index contributed by atoms with van der Waals surface area (Å²) >= 11 is 0. The predicted octanol–water partition coefficient (Wildman–Crippen LogP) is 10.4. The van der Waals surface area contributed by atoms with Gasteiger partial charge in [-0.3, -0.25) is 4.99 Å². The van der Waals surface area contributed by atoms with Crippen LogP contribution in [0.2, 0.25) is 0 Å². The fourth-order valence-electron chi connectivity index (χ4n) is 6.06. The highest BCUT2D eigenvalue weighted by Gasteiger charge is 2.16. The number of hydrogen-bond donors (Lipinski definition) is 0. The molecule has 9 rings (SSSR count). The fourth-order valence-corrected chi connectivity index (χ4v) is 6.06. The van der Waals surface area contributed by atoms with E-state index in [4.69, 9.17) is 24.1 Å². The minimum absolute atomic E-state index is 0.377. The van der Waals surface area contributed by atoms with Crippen molar-refractivity contribution in [2.24, 2.45) is 9.98 Å². The summed E-state index contributed by atoms with van der Waals surface area (Å²) in [6, 6.07) is 47.3. The Kier molecular flexibility index (Phi) is 5.50. The van der Waals surface area contributed by atoms with Gasteiger partial charge in [0.15, 0.2) is 0 Å². The summed E-state index contributed by atoms with van der Waals surface area (Å²) in [6.07, 6.45) is -0.377. The molecule has 3 heterocycles. The van der Waals surface area contributed by atoms with Crippen LogP contribution >= 0.6 is 0 Å². The Labute approximate surface area is 252 Å². The maximum Gasteiger partial charge on any atom is 0.136 e. The lowest BCUT2D eigenvalue weighted by atomic mass is 10.0. The molecule has 0 spiro atoms. The molecule has 0 fully saturated rings. The molecule has 1 aliphatic rings. The number of aliphatic imine (C=N–C) groups is 2. The zero-order chi connectivity index (χ0) is 29.0. The Morgan fingerprint density at radius 3 is 1.86 bits per heavy atom. The van der Waals surface area contributed by atoms with Crippen molar-refractivity contribution in [3.05, 3.63) is 162 Å². The van der Waals surface area contributed by atoms with Crippen molar-refractivity contribution < 1.29 is 8.83 Å². The van der Waals surface area contributed by atoms with Crippen LogP contribution in [-0.4, -0.2) is 11.7 Å². The van der Waals surface area contributed by atoms with Gasteiger partial charge in [-0.05, 0) is 70.3 Å². The molecule has 2 aromatic heterocycles. The van der Waals surface area contributed by atoms with Crippen molar-refractivity contribution in [3.63, 3.8) is 0 Å². The van der Waals surface area contributed by atoms with Crippen molar-refractivity contribution in [2.75, 3.05) is 0 Å². The van der Waals surface area contributed by atoms with Crippen molar-refractivity contribution in [1.82, 2.24) is 0 Å². The minimum Gasteiger partial charge on any atom is -0.456 e. The van der Waals surface area contributed by atoms with Crippen LogP contribution in [0.1, 0.15) is 22.9 Å². The van der Waals surface area contributed by atoms with Crippen molar-refractivity contribution in [1.29, 1.82) is 0 Å². The number of nitrogens with zero attached hydrogens (tertiary/aromatic N) is 3. The van der Waals surface area contributed by atoms with Gasteiger partial charge in [-0.15, -0.1) is 0 Å². The van der Waals surface area contributed by atoms with Gasteiger partial charge in [0.1, 0.15) is 22.3 Å². The molecule has 1 atom stereocenters. The van der Waals surface area contributed by atoms with E-state index in [-0.39, 0.29) is 6.17 Å². The van der Waals surface area contributed by atoms with E-state index in [9.17, 15) is 0 Å². The number of para-hydroxylation sites is 1. The molecule has 0 N–H and O–H groups in total. The van der Waals surface area contributed by atoms with Crippen LogP contribution < -0.4 is 0 Å². The average Bonchev–Trinajstić information content (AvgIpc) is 3.66. The summed E-state index contributed by atoms with van der Waals surface area (Å²) < 4.78 is 12.5. The second kappa shape index (κ2) is 9.82. The molecule has 208 valence electrons. The summed E-state index contributed by atoms with van der Waals surface area (Å²) in [5.74, 6) is 1.30. The highest BCUT2D eigenvalue weighted by atomic mass is 16.3. The molecule has 5 nitrogen and oxygen atoms in total. The van der Waals surface area contributed by atoms with Gasteiger partial charge in [0, 0.05) is 21.5 Å². The smallest absolute Gasteiger partial charge is 0.136 e. The molecule has 0 saturated carbocycles. The zero-order valence-electron chi connectivity index (χ0n) is 23.5. The molecule has 1 aliphatic heterocycles. The number of fused-ring (bicyclic) bond motifs is 6. The number of hydrogen-bond acceptors (Lipinski definition) is 4. The molecule has 6 aromatic carbocycles. The summed E-state index contributed by atoms with van der Waals surface area (Å²) in [7, 11) is 0. The molecular weight excluding hydrogens is 542 g/mol. The molecule has 0 amide bonds. The highest BCUT2D eigenvalue weighted by Crippen LogP contribution is 2.37. The van der Waals surface area contributed by atoms with E-state index in [1.54, 1.807) is 0 Å². The maximum absolute atomic E-state index is 6.47. The lowest BCUT2D eigenvalue weighted by Gasteiger charge is -2.32. The predicted molar refractivity (Wildman–Crippen MR) is 178 cm³/mol. The third-order valence-electron chi connectivity index (χ3n) is 8.27. The third-order valence-corrected chi connectivity index (χ3v) is 8.27. The van der Waals surface area contributed by atoms with E-state index in [1.807, 2.05) is 78.9 Å². The summed E-state index contributed by atoms with van der Waals surface area (Å²) in [5.41, 5.74) is 8.48. The first-order chi connectivity index (χ1) is 21.8. The van der Waals surface area contributed by atoms with Gasteiger partial charge in [-0.25, -0.2) is 0 Å². The van der Waals surface area contributed by atoms with E-state index in [2.05, 4.69) is 60.7 Å². The Morgan fingerprint density at radius 2 is 1.05 bits per heavy atom. The third kappa shape index (κ3) is 4.09. The summed E-state index contributed by atoms with van der Waals surface area (Å²) in [5, 5.41) is 9.32. The molecule has 0 saturated heterocycles. The molecular formula is C39H24N3O2-. The fraction of sp³-hybridized carbons (Fsp3) is 0.0256. The van der Waals surface area contributed by atoms with Crippen LogP contribution in [0.15, 0.2) is 158 Å². The Morgan fingerprint density at radius 1 is 0.455 bits per heavy atom. The van der Waals surface area contributed by atoms with Crippen molar-refractivity contribution in [3.8, 4) is 11.1 Å². The lowest BCUT2D eigenvalue weighted by molar-refractivity contribution is 0.669. The van der Waals surface area contributed by atoms with E-state index in [0.29, 0.717) is 11.7 Å². The first-order valence-electron chi connectivity index (χ1n) is 14.6. The van der Waals surface area contributed by atoms with Gasteiger partial charge in [-0.1, -0.05) is 103 Å². The van der Waals surface area contributed by atoms with Crippen molar-refractivity contribution >= 4 is 55.5 Å². The molecule has 44 heavy (non-hydrogen) atoms. The van der Waals surface area contributed by atoms with E-state index in [0.717, 1.165) is 71.7 Å². The minimum atomic E-state index is -0.377. The van der Waals surface area contributed by atoms with Gasteiger partial charge in [0.05, 0.1) is 12.0 Å². The lowest BCUT2D eigenvalue weighted by Crippen LogP contribution is -2.15. The van der Waals surface area contributed by atoms with Gasteiger partial charge in [-0.2, -0.15) is 0 Å². The standard InChI is InChI=1S/C39H24N3O2/c1-3-9-24(10-4-1)37-40-38(25-11-5-2-6-12-25)42-39(41-37)28-16-19-31-30-18-15-27(22-35(30)44-36(31)23-28)26-17-20-34-32(21-26)29-13-7-8-14-33(29)43-34/h1-23,37H/q-1. The normalized spacial score (nSPS) is 15.0. The Bertz CT molecular complexity index is 2420. The monoisotopic (exact) mass is 566 g/mol.